The average Bonchev–Trinajstić information content (AvgIpc) is 2.75. The van der Waals surface area contributed by atoms with Crippen molar-refractivity contribution in [1.82, 2.24) is 4.98 Å². The third kappa shape index (κ3) is 1.85. The molecule has 86 valence electrons. The standard InChI is InChI=1S/C13H11N3.ClH/c14-11-7-4-8-12-13(11)15-9-16(12)10-5-2-1-3-6-10;/h1-9H,14H2;1H. The summed E-state index contributed by atoms with van der Waals surface area (Å²) in [6, 6.07) is 16.1. The Balaban J connectivity index is 0.00000108. The van der Waals surface area contributed by atoms with Gasteiger partial charge in [-0.3, -0.25) is 0 Å². The number of aromatic amines is 1. The Morgan fingerprint density at radius 1 is 0.941 bits per heavy atom. The number of nitrogens with zero attached hydrogens (tertiary/aromatic N) is 1. The number of fused-ring (bicyclic) bond motifs is 1. The molecule has 0 saturated heterocycles. The lowest BCUT2D eigenvalue weighted by Crippen LogP contribution is -3.00. The van der Waals surface area contributed by atoms with E-state index < -0.39 is 0 Å². The Labute approximate surface area is 105 Å². The minimum atomic E-state index is 0. The van der Waals surface area contributed by atoms with Gasteiger partial charge in [-0.25, -0.2) is 4.98 Å². The molecule has 17 heavy (non-hydrogen) atoms. The predicted octanol–water partition coefficient (Wildman–Crippen LogP) is -0.969. The SMILES string of the molecule is Nc1cccc2c1[nH]c[n+]2-c1ccccc1.[Cl-]. The number of halogens is 1. The van der Waals surface area contributed by atoms with Crippen LogP contribution in [0.5, 0.6) is 0 Å². The fraction of sp³-hybridized carbons (Fsp3) is 0. The summed E-state index contributed by atoms with van der Waals surface area (Å²) in [6.07, 6.45) is 1.93. The van der Waals surface area contributed by atoms with E-state index in [0.717, 1.165) is 22.4 Å². The Hall–Kier alpha value is -2.00. The predicted molar refractivity (Wildman–Crippen MR) is 64.2 cm³/mol. The Morgan fingerprint density at radius 3 is 2.47 bits per heavy atom. The van der Waals surface area contributed by atoms with Crippen LogP contribution < -0.4 is 22.7 Å². The number of imidazole rings is 1. The van der Waals surface area contributed by atoms with E-state index in [-0.39, 0.29) is 12.4 Å². The summed E-state index contributed by atoms with van der Waals surface area (Å²) in [6.45, 7) is 0. The van der Waals surface area contributed by atoms with Crippen LogP contribution in [-0.4, -0.2) is 4.98 Å². The van der Waals surface area contributed by atoms with Gasteiger partial charge in [0.15, 0.2) is 11.0 Å². The zero-order valence-corrected chi connectivity index (χ0v) is 9.85. The summed E-state index contributed by atoms with van der Waals surface area (Å²) in [4.78, 5) is 3.19. The van der Waals surface area contributed by atoms with Gasteiger partial charge in [0.05, 0.1) is 5.69 Å². The van der Waals surface area contributed by atoms with Crippen LogP contribution in [0.15, 0.2) is 54.9 Å². The van der Waals surface area contributed by atoms with Gasteiger partial charge in [0.1, 0.15) is 5.69 Å². The lowest BCUT2D eigenvalue weighted by atomic mass is 10.2. The molecule has 3 nitrogen and oxygen atoms in total. The van der Waals surface area contributed by atoms with Crippen molar-refractivity contribution in [3.63, 3.8) is 0 Å². The Kier molecular flexibility index (Phi) is 3.02. The smallest absolute Gasteiger partial charge is 0.247 e. The first-order chi connectivity index (χ1) is 7.86. The van der Waals surface area contributed by atoms with Crippen LogP contribution >= 0.6 is 0 Å². The van der Waals surface area contributed by atoms with Gasteiger partial charge in [0, 0.05) is 0 Å². The first-order valence-corrected chi connectivity index (χ1v) is 5.19. The zero-order valence-electron chi connectivity index (χ0n) is 9.10. The maximum Gasteiger partial charge on any atom is 0.247 e. The molecule has 0 spiro atoms. The topological polar surface area (TPSA) is 45.7 Å². The van der Waals surface area contributed by atoms with E-state index in [1.165, 1.54) is 0 Å². The molecule has 2 aromatic carbocycles. The highest BCUT2D eigenvalue weighted by atomic mass is 35.5. The zero-order chi connectivity index (χ0) is 11.0. The number of nitrogens with two attached hydrogens (primary N) is 1. The monoisotopic (exact) mass is 245 g/mol. The molecular weight excluding hydrogens is 234 g/mol. The summed E-state index contributed by atoms with van der Waals surface area (Å²) in [5.41, 5.74) is 9.87. The fourth-order valence-corrected chi connectivity index (χ4v) is 1.92. The number of aromatic nitrogens is 2. The maximum absolute atomic E-state index is 5.90. The molecule has 3 N–H and O–H groups in total. The molecule has 3 aromatic rings. The second-order valence-electron chi connectivity index (χ2n) is 3.72. The fourth-order valence-electron chi connectivity index (χ4n) is 1.92. The van der Waals surface area contributed by atoms with Crippen LogP contribution in [0.4, 0.5) is 5.69 Å². The van der Waals surface area contributed by atoms with E-state index in [9.17, 15) is 0 Å². The molecule has 1 heterocycles. The van der Waals surface area contributed by atoms with Crippen LogP contribution in [0.25, 0.3) is 16.7 Å². The molecule has 0 aliphatic carbocycles. The van der Waals surface area contributed by atoms with E-state index in [2.05, 4.69) is 27.8 Å². The third-order valence-electron chi connectivity index (χ3n) is 2.71. The molecule has 0 radical (unpaired) electrons. The number of nitrogen functional groups attached to an aromatic ring is 1. The summed E-state index contributed by atoms with van der Waals surface area (Å²) < 4.78 is 2.09. The van der Waals surface area contributed by atoms with Crippen LogP contribution in [-0.2, 0) is 0 Å². The largest absolute Gasteiger partial charge is 1.00 e. The van der Waals surface area contributed by atoms with Crippen molar-refractivity contribution in [3.05, 3.63) is 54.9 Å². The molecule has 4 heteroatoms. The Morgan fingerprint density at radius 2 is 1.71 bits per heavy atom. The van der Waals surface area contributed by atoms with Crippen molar-refractivity contribution in [3.8, 4) is 5.69 Å². The molecular formula is C13H12ClN3. The van der Waals surface area contributed by atoms with Gasteiger partial charge in [-0.2, -0.15) is 4.57 Å². The maximum atomic E-state index is 5.90. The van der Waals surface area contributed by atoms with Crippen molar-refractivity contribution in [2.24, 2.45) is 0 Å². The third-order valence-corrected chi connectivity index (χ3v) is 2.71. The number of rotatable bonds is 1. The Bertz CT molecular complexity index is 631. The number of H-pyrrole nitrogens is 1. The van der Waals surface area contributed by atoms with Crippen molar-refractivity contribution in [1.29, 1.82) is 0 Å². The van der Waals surface area contributed by atoms with Gasteiger partial charge in [-0.15, -0.1) is 0 Å². The number of nitrogens with one attached hydrogen (secondary N) is 1. The molecule has 0 amide bonds. The highest BCUT2D eigenvalue weighted by Crippen LogP contribution is 2.16. The van der Waals surface area contributed by atoms with E-state index in [0.29, 0.717) is 0 Å². The van der Waals surface area contributed by atoms with E-state index in [4.69, 9.17) is 5.73 Å². The first kappa shape index (κ1) is 11.5. The second-order valence-corrected chi connectivity index (χ2v) is 3.72. The average molecular weight is 246 g/mol. The van der Waals surface area contributed by atoms with Crippen molar-refractivity contribution < 1.29 is 17.0 Å². The highest BCUT2D eigenvalue weighted by molar-refractivity contribution is 5.84. The molecule has 0 aliphatic rings. The number of anilines is 1. The number of hydrogen-bond donors (Lipinski definition) is 2. The van der Waals surface area contributed by atoms with E-state index >= 15 is 0 Å². The van der Waals surface area contributed by atoms with Gasteiger partial charge in [0.25, 0.3) is 0 Å². The summed E-state index contributed by atoms with van der Waals surface area (Å²) in [5.74, 6) is 0. The summed E-state index contributed by atoms with van der Waals surface area (Å²) in [5, 5.41) is 0. The van der Waals surface area contributed by atoms with Crippen molar-refractivity contribution in [2.75, 3.05) is 5.73 Å². The first-order valence-electron chi connectivity index (χ1n) is 5.19. The van der Waals surface area contributed by atoms with Gasteiger partial charge in [-0.05, 0) is 24.3 Å². The minimum absolute atomic E-state index is 0. The molecule has 0 fully saturated rings. The van der Waals surface area contributed by atoms with Gasteiger partial charge in [0.2, 0.25) is 6.33 Å². The molecule has 0 atom stereocenters. The van der Waals surface area contributed by atoms with Gasteiger partial charge in [-0.1, -0.05) is 24.3 Å². The molecule has 0 aliphatic heterocycles. The number of para-hydroxylation sites is 2. The lowest BCUT2D eigenvalue weighted by molar-refractivity contribution is -0.567. The van der Waals surface area contributed by atoms with Crippen molar-refractivity contribution >= 4 is 16.7 Å². The number of benzene rings is 2. The molecule has 0 saturated carbocycles. The van der Waals surface area contributed by atoms with Crippen LogP contribution in [0.3, 0.4) is 0 Å². The lowest BCUT2D eigenvalue weighted by Gasteiger charge is -1.96. The summed E-state index contributed by atoms with van der Waals surface area (Å²) in [7, 11) is 0. The summed E-state index contributed by atoms with van der Waals surface area (Å²) >= 11 is 0. The second kappa shape index (κ2) is 4.47. The normalized spacial score (nSPS) is 10.1. The quantitative estimate of drug-likeness (QED) is 0.421. The van der Waals surface area contributed by atoms with Gasteiger partial charge >= 0.3 is 0 Å². The van der Waals surface area contributed by atoms with Crippen LogP contribution in [0.2, 0.25) is 0 Å². The minimum Gasteiger partial charge on any atom is -1.00 e. The molecule has 0 bridgehead atoms. The highest BCUT2D eigenvalue weighted by Gasteiger charge is 2.12. The van der Waals surface area contributed by atoms with E-state index in [1.54, 1.807) is 0 Å². The number of hydrogen-bond acceptors (Lipinski definition) is 1. The van der Waals surface area contributed by atoms with E-state index in [1.807, 2.05) is 36.7 Å². The molecule has 1 aromatic heterocycles. The van der Waals surface area contributed by atoms with Crippen LogP contribution in [0.1, 0.15) is 0 Å². The van der Waals surface area contributed by atoms with Crippen molar-refractivity contribution in [2.45, 2.75) is 0 Å². The molecule has 3 rings (SSSR count). The van der Waals surface area contributed by atoms with Gasteiger partial charge < -0.3 is 18.1 Å². The van der Waals surface area contributed by atoms with Crippen LogP contribution in [0, 0.1) is 0 Å². The molecule has 0 unspecified atom stereocenters.